The van der Waals surface area contributed by atoms with Crippen LogP contribution in [0.4, 0.5) is 4.79 Å². The van der Waals surface area contributed by atoms with Gasteiger partial charge < -0.3 is 15.3 Å². The fourth-order valence-corrected chi connectivity index (χ4v) is 2.40. The molecule has 0 aliphatic heterocycles. The van der Waals surface area contributed by atoms with E-state index in [0.717, 1.165) is 17.8 Å². The normalized spacial score (nSPS) is 10.4. The van der Waals surface area contributed by atoms with Gasteiger partial charge in [-0.3, -0.25) is 0 Å². The van der Waals surface area contributed by atoms with Gasteiger partial charge in [0.2, 0.25) is 0 Å². The van der Waals surface area contributed by atoms with Gasteiger partial charge in [-0.25, -0.2) is 9.78 Å². The summed E-state index contributed by atoms with van der Waals surface area (Å²) in [7, 11) is 0. The van der Waals surface area contributed by atoms with Gasteiger partial charge in [0.15, 0.2) is 0 Å². The zero-order valence-electron chi connectivity index (χ0n) is 11.0. The Morgan fingerprint density at radius 3 is 2.89 bits per heavy atom. The molecule has 0 radical (unpaired) electrons. The minimum atomic E-state index is -0.112. The quantitative estimate of drug-likeness (QED) is 0.788. The van der Waals surface area contributed by atoms with Gasteiger partial charge in [0.05, 0.1) is 11.6 Å². The number of aliphatic hydroxyl groups excluding tert-OH is 1. The second-order valence-electron chi connectivity index (χ2n) is 4.06. The fraction of sp³-hybridized carbons (Fsp3) is 0.667. The van der Waals surface area contributed by atoms with Crippen LogP contribution in [0.1, 0.15) is 23.2 Å². The van der Waals surface area contributed by atoms with Crippen LogP contribution in [0, 0.1) is 6.92 Å². The number of aliphatic hydroxyl groups is 1. The number of thiazole rings is 1. The molecule has 1 aromatic rings. The monoisotopic (exact) mass is 271 g/mol. The van der Waals surface area contributed by atoms with E-state index in [1.165, 1.54) is 4.88 Å². The molecule has 0 saturated carbocycles. The van der Waals surface area contributed by atoms with E-state index >= 15 is 0 Å². The zero-order chi connectivity index (χ0) is 13.4. The molecule has 0 saturated heterocycles. The average molecular weight is 271 g/mol. The van der Waals surface area contributed by atoms with Crippen LogP contribution in [0.2, 0.25) is 0 Å². The molecule has 1 rings (SSSR count). The van der Waals surface area contributed by atoms with Gasteiger partial charge >= 0.3 is 6.03 Å². The predicted octanol–water partition coefficient (Wildman–Crippen LogP) is 1.41. The summed E-state index contributed by atoms with van der Waals surface area (Å²) >= 11 is 1.65. The number of hydrogen-bond acceptors (Lipinski definition) is 4. The first-order valence-corrected chi connectivity index (χ1v) is 7.04. The zero-order valence-corrected chi connectivity index (χ0v) is 11.8. The van der Waals surface area contributed by atoms with E-state index in [-0.39, 0.29) is 12.6 Å². The summed E-state index contributed by atoms with van der Waals surface area (Å²) in [5.74, 6) is 0. The SMILES string of the molecule is CCCN(CCO)C(=O)NCCc1ncc(C)s1. The van der Waals surface area contributed by atoms with Gasteiger partial charge in [-0.2, -0.15) is 0 Å². The van der Waals surface area contributed by atoms with Gasteiger partial charge in [-0.15, -0.1) is 11.3 Å². The second kappa shape index (κ2) is 8.05. The van der Waals surface area contributed by atoms with Crippen LogP contribution < -0.4 is 5.32 Å². The van der Waals surface area contributed by atoms with Crippen molar-refractivity contribution in [1.29, 1.82) is 0 Å². The number of nitrogens with zero attached hydrogens (tertiary/aromatic N) is 2. The Bertz CT molecular complexity index is 362. The molecule has 0 aliphatic carbocycles. The highest BCUT2D eigenvalue weighted by Crippen LogP contribution is 2.10. The minimum absolute atomic E-state index is 0.000898. The van der Waals surface area contributed by atoms with Gasteiger partial charge in [0, 0.05) is 37.1 Å². The first kappa shape index (κ1) is 14.9. The van der Waals surface area contributed by atoms with Crippen molar-refractivity contribution in [3.8, 4) is 0 Å². The highest BCUT2D eigenvalue weighted by molar-refractivity contribution is 7.11. The Morgan fingerprint density at radius 2 is 2.33 bits per heavy atom. The molecular weight excluding hydrogens is 250 g/mol. The molecule has 0 fully saturated rings. The molecule has 0 aliphatic rings. The Balaban J connectivity index is 2.30. The number of nitrogens with one attached hydrogen (secondary N) is 1. The van der Waals surface area contributed by atoms with Gasteiger partial charge in [-0.05, 0) is 13.3 Å². The summed E-state index contributed by atoms with van der Waals surface area (Å²) in [5.41, 5.74) is 0. The summed E-state index contributed by atoms with van der Waals surface area (Å²) in [4.78, 5) is 18.9. The maximum atomic E-state index is 11.8. The van der Waals surface area contributed by atoms with Gasteiger partial charge in [0.1, 0.15) is 0 Å². The summed E-state index contributed by atoms with van der Waals surface area (Å²) in [6.45, 7) is 5.66. The van der Waals surface area contributed by atoms with Crippen molar-refractivity contribution in [2.45, 2.75) is 26.7 Å². The van der Waals surface area contributed by atoms with Gasteiger partial charge in [-0.1, -0.05) is 6.92 Å². The molecule has 0 unspecified atom stereocenters. The highest BCUT2D eigenvalue weighted by atomic mass is 32.1. The number of carbonyl (C=O) groups is 1. The summed E-state index contributed by atoms with van der Waals surface area (Å²) in [6.07, 6.45) is 3.49. The summed E-state index contributed by atoms with van der Waals surface area (Å²) in [5, 5.41) is 12.8. The molecule has 2 N–H and O–H groups in total. The third-order valence-electron chi connectivity index (χ3n) is 2.43. The lowest BCUT2D eigenvalue weighted by Gasteiger charge is -2.21. The van der Waals surface area contributed by atoms with Crippen LogP contribution in [0.3, 0.4) is 0 Å². The molecule has 18 heavy (non-hydrogen) atoms. The molecule has 2 amide bonds. The number of aryl methyl sites for hydroxylation is 1. The first-order chi connectivity index (χ1) is 8.67. The van der Waals surface area contributed by atoms with E-state index in [4.69, 9.17) is 5.11 Å². The highest BCUT2D eigenvalue weighted by Gasteiger charge is 2.11. The van der Waals surface area contributed by atoms with E-state index in [9.17, 15) is 4.79 Å². The van der Waals surface area contributed by atoms with E-state index < -0.39 is 0 Å². The third-order valence-corrected chi connectivity index (χ3v) is 3.41. The van der Waals surface area contributed by atoms with E-state index in [0.29, 0.717) is 19.6 Å². The number of rotatable bonds is 7. The van der Waals surface area contributed by atoms with Crippen LogP contribution in [0.25, 0.3) is 0 Å². The van der Waals surface area contributed by atoms with Crippen molar-refractivity contribution in [2.24, 2.45) is 0 Å². The fourth-order valence-electron chi connectivity index (χ4n) is 1.61. The van der Waals surface area contributed by atoms with Crippen molar-refractivity contribution >= 4 is 17.4 Å². The minimum Gasteiger partial charge on any atom is -0.395 e. The number of urea groups is 1. The van der Waals surface area contributed by atoms with Crippen LogP contribution in [-0.4, -0.2) is 47.3 Å². The number of carbonyl (C=O) groups excluding carboxylic acids is 1. The van der Waals surface area contributed by atoms with E-state index in [2.05, 4.69) is 10.3 Å². The topological polar surface area (TPSA) is 65.5 Å². The molecule has 0 bridgehead atoms. The van der Waals surface area contributed by atoms with Crippen molar-refractivity contribution in [2.75, 3.05) is 26.2 Å². The lowest BCUT2D eigenvalue weighted by atomic mass is 10.4. The van der Waals surface area contributed by atoms with Gasteiger partial charge in [0.25, 0.3) is 0 Å². The Labute approximate surface area is 112 Å². The maximum absolute atomic E-state index is 11.8. The van der Waals surface area contributed by atoms with Crippen molar-refractivity contribution in [3.63, 3.8) is 0 Å². The van der Waals surface area contributed by atoms with Crippen molar-refractivity contribution in [3.05, 3.63) is 16.1 Å². The molecule has 0 aromatic carbocycles. The average Bonchev–Trinajstić information content (AvgIpc) is 2.75. The molecular formula is C12H21N3O2S. The lowest BCUT2D eigenvalue weighted by Crippen LogP contribution is -2.42. The molecule has 1 heterocycles. The molecule has 5 nitrogen and oxygen atoms in total. The first-order valence-electron chi connectivity index (χ1n) is 6.22. The standard InChI is InChI=1S/C12H21N3O2S/c1-3-6-15(7-8-16)12(17)13-5-4-11-14-9-10(2)18-11/h9,16H,3-8H2,1-2H3,(H,13,17). The smallest absolute Gasteiger partial charge is 0.317 e. The largest absolute Gasteiger partial charge is 0.395 e. The summed E-state index contributed by atoms with van der Waals surface area (Å²) in [6, 6.07) is -0.112. The number of hydrogen-bond donors (Lipinski definition) is 2. The van der Waals surface area contributed by atoms with Crippen LogP contribution in [0.15, 0.2) is 6.20 Å². The number of aromatic nitrogens is 1. The Morgan fingerprint density at radius 1 is 1.56 bits per heavy atom. The maximum Gasteiger partial charge on any atom is 0.317 e. The van der Waals surface area contributed by atoms with Crippen LogP contribution in [0.5, 0.6) is 0 Å². The molecule has 0 spiro atoms. The third kappa shape index (κ3) is 5.01. The van der Waals surface area contributed by atoms with Crippen LogP contribution >= 0.6 is 11.3 Å². The van der Waals surface area contributed by atoms with E-state index in [1.807, 2.05) is 20.0 Å². The summed E-state index contributed by atoms with van der Waals surface area (Å²) < 4.78 is 0. The number of amides is 2. The second-order valence-corrected chi connectivity index (χ2v) is 5.38. The molecule has 1 aromatic heterocycles. The Kier molecular flexibility index (Phi) is 6.67. The van der Waals surface area contributed by atoms with Crippen molar-refractivity contribution in [1.82, 2.24) is 15.2 Å². The predicted molar refractivity (Wildman–Crippen MR) is 72.9 cm³/mol. The van der Waals surface area contributed by atoms with Crippen LogP contribution in [-0.2, 0) is 6.42 Å². The lowest BCUT2D eigenvalue weighted by molar-refractivity contribution is 0.177. The molecule has 102 valence electrons. The van der Waals surface area contributed by atoms with Crippen molar-refractivity contribution < 1.29 is 9.90 Å². The molecule has 0 atom stereocenters. The van der Waals surface area contributed by atoms with E-state index in [1.54, 1.807) is 16.2 Å². The molecule has 6 heteroatoms. The Hall–Kier alpha value is -1.14.